The van der Waals surface area contributed by atoms with Gasteiger partial charge in [0.15, 0.2) is 5.69 Å². The maximum atomic E-state index is 10.7. The van der Waals surface area contributed by atoms with Crippen molar-refractivity contribution in [1.82, 2.24) is 9.97 Å². The third-order valence-corrected chi connectivity index (χ3v) is 3.76. The molecule has 0 aliphatic heterocycles. The predicted molar refractivity (Wildman–Crippen MR) is 76.1 cm³/mol. The minimum atomic E-state index is -1.11. The number of aromatic nitrogens is 2. The zero-order chi connectivity index (χ0) is 14.9. The smallest absolute Gasteiger partial charge is 0.356 e. The molecule has 1 aliphatic carbocycles. The molecule has 2 aromatic rings. The lowest BCUT2D eigenvalue weighted by Crippen LogP contribution is -2.32. The fourth-order valence-electron chi connectivity index (χ4n) is 2.62. The maximum Gasteiger partial charge on any atom is 0.356 e. The number of hydrogen-bond acceptors (Lipinski definition) is 5. The number of rotatable bonds is 4. The number of carboxylic acid groups (broad SMARTS) is 1. The summed E-state index contributed by atoms with van der Waals surface area (Å²) in [5.41, 5.74) is 1.07. The Hall–Kier alpha value is -2.47. The van der Waals surface area contributed by atoms with Gasteiger partial charge in [0.05, 0.1) is 12.4 Å². The number of nitrogens with one attached hydrogen (secondary N) is 1. The summed E-state index contributed by atoms with van der Waals surface area (Å²) in [7, 11) is 0. The van der Waals surface area contributed by atoms with Crippen molar-refractivity contribution in [2.75, 3.05) is 11.9 Å². The minimum Gasteiger partial charge on any atom is -0.476 e. The van der Waals surface area contributed by atoms with Crippen LogP contribution in [0.25, 0.3) is 0 Å². The summed E-state index contributed by atoms with van der Waals surface area (Å²) < 4.78 is 0. The van der Waals surface area contributed by atoms with E-state index in [2.05, 4.69) is 15.3 Å². The van der Waals surface area contributed by atoms with Crippen LogP contribution in [-0.4, -0.2) is 32.7 Å². The third kappa shape index (κ3) is 2.57. The van der Waals surface area contributed by atoms with Gasteiger partial charge in [-0.3, -0.25) is 0 Å². The minimum absolute atomic E-state index is 0.106. The molecule has 6 heteroatoms. The number of hydrogen-bond donors (Lipinski definition) is 3. The zero-order valence-electron chi connectivity index (χ0n) is 11.3. The van der Waals surface area contributed by atoms with E-state index in [-0.39, 0.29) is 5.69 Å². The Morgan fingerprint density at radius 2 is 2.10 bits per heavy atom. The van der Waals surface area contributed by atoms with Gasteiger partial charge in [-0.05, 0) is 24.0 Å². The lowest BCUT2D eigenvalue weighted by atomic mass is 9.96. The molecule has 21 heavy (non-hydrogen) atoms. The molecule has 0 spiro atoms. The Morgan fingerprint density at radius 3 is 2.81 bits per heavy atom. The molecule has 3 N–H and O–H groups in total. The Kier molecular flexibility index (Phi) is 3.31. The first-order valence-corrected chi connectivity index (χ1v) is 6.68. The molecule has 1 aromatic heterocycles. The molecule has 0 amide bonds. The molecule has 1 heterocycles. The SMILES string of the molecule is O=C(O)c1cnc(NCC2(O)CCc3ccccc32)cn1. The number of aryl methyl sites for hydroxylation is 1. The molecule has 0 fully saturated rings. The lowest BCUT2D eigenvalue weighted by Gasteiger charge is -2.24. The molecule has 6 nitrogen and oxygen atoms in total. The summed E-state index contributed by atoms with van der Waals surface area (Å²) in [6, 6.07) is 7.84. The van der Waals surface area contributed by atoms with Gasteiger partial charge in [-0.15, -0.1) is 0 Å². The van der Waals surface area contributed by atoms with Crippen molar-refractivity contribution in [3.63, 3.8) is 0 Å². The fraction of sp³-hybridized carbons (Fsp3) is 0.267. The van der Waals surface area contributed by atoms with E-state index in [0.29, 0.717) is 18.8 Å². The molecule has 1 unspecified atom stereocenters. The summed E-state index contributed by atoms with van der Waals surface area (Å²) in [6.45, 7) is 0.311. The first-order valence-electron chi connectivity index (χ1n) is 6.68. The quantitative estimate of drug-likeness (QED) is 0.786. The normalized spacial score (nSPS) is 20.0. The van der Waals surface area contributed by atoms with Gasteiger partial charge in [0.1, 0.15) is 11.4 Å². The molecule has 1 aromatic carbocycles. The second-order valence-electron chi connectivity index (χ2n) is 5.13. The van der Waals surface area contributed by atoms with Gasteiger partial charge in [-0.1, -0.05) is 24.3 Å². The summed E-state index contributed by atoms with van der Waals surface area (Å²) in [5, 5.41) is 22.5. The number of anilines is 1. The Balaban J connectivity index is 1.72. The molecule has 3 rings (SSSR count). The molecule has 0 saturated heterocycles. The average molecular weight is 285 g/mol. The zero-order valence-corrected chi connectivity index (χ0v) is 11.3. The van der Waals surface area contributed by atoms with E-state index in [1.807, 2.05) is 24.3 Å². The molecule has 108 valence electrons. The summed E-state index contributed by atoms with van der Waals surface area (Å²) >= 11 is 0. The highest BCUT2D eigenvalue weighted by molar-refractivity contribution is 5.84. The van der Waals surface area contributed by atoms with Gasteiger partial charge >= 0.3 is 5.97 Å². The number of aliphatic hydroxyl groups is 1. The highest BCUT2D eigenvalue weighted by Gasteiger charge is 2.36. The van der Waals surface area contributed by atoms with Crippen LogP contribution in [0.1, 0.15) is 28.0 Å². The summed E-state index contributed by atoms with van der Waals surface area (Å²) in [6.07, 6.45) is 4.04. The molecule has 0 saturated carbocycles. The van der Waals surface area contributed by atoms with Gasteiger partial charge in [0.25, 0.3) is 0 Å². The number of fused-ring (bicyclic) bond motifs is 1. The van der Waals surface area contributed by atoms with E-state index in [9.17, 15) is 9.90 Å². The van der Waals surface area contributed by atoms with Gasteiger partial charge in [-0.2, -0.15) is 0 Å². The van der Waals surface area contributed by atoms with Crippen LogP contribution in [0.15, 0.2) is 36.7 Å². The van der Waals surface area contributed by atoms with Crippen LogP contribution in [0.4, 0.5) is 5.82 Å². The number of carbonyl (C=O) groups is 1. The van der Waals surface area contributed by atoms with Crippen LogP contribution in [0, 0.1) is 0 Å². The van der Waals surface area contributed by atoms with Crippen LogP contribution in [0.2, 0.25) is 0 Å². The molecule has 1 atom stereocenters. The van der Waals surface area contributed by atoms with Crippen molar-refractivity contribution in [1.29, 1.82) is 0 Å². The Labute approximate surface area is 121 Å². The van der Waals surface area contributed by atoms with Crippen molar-refractivity contribution in [2.24, 2.45) is 0 Å². The maximum absolute atomic E-state index is 10.7. The topological polar surface area (TPSA) is 95.3 Å². The molecular weight excluding hydrogens is 270 g/mol. The number of aromatic carboxylic acids is 1. The highest BCUT2D eigenvalue weighted by atomic mass is 16.4. The van der Waals surface area contributed by atoms with Crippen LogP contribution >= 0.6 is 0 Å². The van der Waals surface area contributed by atoms with Gasteiger partial charge < -0.3 is 15.5 Å². The van der Waals surface area contributed by atoms with Gasteiger partial charge in [-0.25, -0.2) is 14.8 Å². The monoisotopic (exact) mass is 285 g/mol. The van der Waals surface area contributed by atoms with Crippen LogP contribution in [0.3, 0.4) is 0 Å². The van der Waals surface area contributed by atoms with Crippen LogP contribution in [0.5, 0.6) is 0 Å². The van der Waals surface area contributed by atoms with Crippen molar-refractivity contribution in [3.05, 3.63) is 53.5 Å². The second-order valence-corrected chi connectivity index (χ2v) is 5.13. The lowest BCUT2D eigenvalue weighted by molar-refractivity contribution is 0.0525. The van der Waals surface area contributed by atoms with E-state index < -0.39 is 11.6 Å². The summed E-state index contributed by atoms with van der Waals surface area (Å²) in [5.74, 6) is -0.671. The van der Waals surface area contributed by atoms with Gasteiger partial charge in [0.2, 0.25) is 0 Å². The average Bonchev–Trinajstić information content (AvgIpc) is 2.84. The van der Waals surface area contributed by atoms with E-state index in [1.54, 1.807) is 0 Å². The van der Waals surface area contributed by atoms with Crippen molar-refractivity contribution in [3.8, 4) is 0 Å². The number of carboxylic acids is 1. The number of nitrogens with zero attached hydrogens (tertiary/aromatic N) is 2. The standard InChI is InChI=1S/C15H15N3O3/c19-14(20)12-7-17-13(8-16-12)18-9-15(21)6-5-10-3-1-2-4-11(10)15/h1-4,7-8,21H,5-6,9H2,(H,17,18)(H,19,20). The second kappa shape index (κ2) is 5.14. The Morgan fingerprint density at radius 1 is 1.29 bits per heavy atom. The molecule has 1 aliphatic rings. The van der Waals surface area contributed by atoms with E-state index in [1.165, 1.54) is 12.4 Å². The molecule has 0 radical (unpaired) electrons. The van der Waals surface area contributed by atoms with Crippen LogP contribution in [-0.2, 0) is 12.0 Å². The third-order valence-electron chi connectivity index (χ3n) is 3.76. The van der Waals surface area contributed by atoms with E-state index >= 15 is 0 Å². The van der Waals surface area contributed by atoms with E-state index in [4.69, 9.17) is 5.11 Å². The molecule has 0 bridgehead atoms. The Bertz CT molecular complexity index is 672. The first-order chi connectivity index (χ1) is 10.1. The number of benzene rings is 1. The van der Waals surface area contributed by atoms with Crippen molar-refractivity contribution >= 4 is 11.8 Å². The van der Waals surface area contributed by atoms with Gasteiger partial charge in [0, 0.05) is 6.54 Å². The largest absolute Gasteiger partial charge is 0.476 e. The fourth-order valence-corrected chi connectivity index (χ4v) is 2.62. The van der Waals surface area contributed by atoms with E-state index in [0.717, 1.165) is 17.5 Å². The predicted octanol–water partition coefficient (Wildman–Crippen LogP) is 1.42. The van der Waals surface area contributed by atoms with Crippen molar-refractivity contribution < 1.29 is 15.0 Å². The molecular formula is C15H15N3O3. The highest BCUT2D eigenvalue weighted by Crippen LogP contribution is 2.36. The first kappa shape index (κ1) is 13.5. The van der Waals surface area contributed by atoms with Crippen molar-refractivity contribution in [2.45, 2.75) is 18.4 Å². The summed E-state index contributed by atoms with van der Waals surface area (Å²) in [4.78, 5) is 18.5. The van der Waals surface area contributed by atoms with Crippen LogP contribution < -0.4 is 5.32 Å².